The number of hydrogen-bond donors (Lipinski definition) is 0. The smallest absolute Gasteiger partial charge is 0.0911 e. The van der Waals surface area contributed by atoms with Gasteiger partial charge in [-0.15, -0.1) is 0 Å². The van der Waals surface area contributed by atoms with Gasteiger partial charge in [0.05, 0.1) is 0 Å². The Balaban J connectivity index is 2.50. The Bertz CT molecular complexity index is 300. The van der Waals surface area contributed by atoms with Crippen LogP contribution >= 0.6 is 0 Å². The summed E-state index contributed by atoms with van der Waals surface area (Å²) in [6, 6.07) is 0. The molecule has 0 saturated heterocycles. The molecule has 0 aromatic carbocycles. The molecule has 0 saturated carbocycles. The second-order valence-corrected chi connectivity index (χ2v) is 6.18. The van der Waals surface area contributed by atoms with E-state index in [-0.39, 0.29) is 0 Å². The SMILES string of the molecule is C[B]C1(C)C2=C(CCCC2)C(C)(C)C1C. The molecule has 0 amide bonds. The topological polar surface area (TPSA) is 0 Å². The summed E-state index contributed by atoms with van der Waals surface area (Å²) in [6.07, 6.45) is 5.53. The molecule has 2 atom stereocenters. The molecule has 0 heterocycles. The summed E-state index contributed by atoms with van der Waals surface area (Å²) in [6.45, 7) is 12.0. The van der Waals surface area contributed by atoms with Gasteiger partial charge in [-0.25, -0.2) is 0 Å². The molecule has 83 valence electrons. The Morgan fingerprint density at radius 2 is 1.60 bits per heavy atom. The van der Waals surface area contributed by atoms with Crippen LogP contribution < -0.4 is 0 Å². The van der Waals surface area contributed by atoms with Gasteiger partial charge in [-0.1, -0.05) is 45.7 Å². The lowest BCUT2D eigenvalue weighted by Crippen LogP contribution is -2.28. The van der Waals surface area contributed by atoms with E-state index in [9.17, 15) is 0 Å². The molecule has 0 aromatic heterocycles. The zero-order chi connectivity index (χ0) is 11.3. The van der Waals surface area contributed by atoms with Crippen molar-refractivity contribution < 1.29 is 0 Å². The average Bonchev–Trinajstić information content (AvgIpc) is 2.40. The zero-order valence-electron chi connectivity index (χ0n) is 11.0. The molecule has 2 unspecified atom stereocenters. The second-order valence-electron chi connectivity index (χ2n) is 6.18. The van der Waals surface area contributed by atoms with Crippen molar-refractivity contribution in [3.63, 3.8) is 0 Å². The highest BCUT2D eigenvalue weighted by Gasteiger charge is 2.51. The third kappa shape index (κ3) is 1.35. The van der Waals surface area contributed by atoms with Gasteiger partial charge in [0.25, 0.3) is 0 Å². The van der Waals surface area contributed by atoms with Gasteiger partial charge in [0.15, 0.2) is 0 Å². The molecule has 0 bridgehead atoms. The minimum atomic E-state index is 0.374. The maximum atomic E-state index is 2.45. The fourth-order valence-corrected chi connectivity index (χ4v) is 3.91. The van der Waals surface area contributed by atoms with E-state index in [0.717, 1.165) is 5.92 Å². The van der Waals surface area contributed by atoms with E-state index in [1.807, 2.05) is 0 Å². The van der Waals surface area contributed by atoms with E-state index in [0.29, 0.717) is 10.7 Å². The van der Waals surface area contributed by atoms with Crippen LogP contribution in [0.5, 0.6) is 0 Å². The summed E-state index contributed by atoms with van der Waals surface area (Å²) in [5, 5.41) is 0.374. The van der Waals surface area contributed by atoms with Crippen LogP contribution in [0.3, 0.4) is 0 Å². The van der Waals surface area contributed by atoms with Gasteiger partial charge in [-0.05, 0) is 42.3 Å². The third-order valence-electron chi connectivity index (χ3n) is 5.48. The highest BCUT2D eigenvalue weighted by Crippen LogP contribution is 2.64. The minimum absolute atomic E-state index is 0.374. The van der Waals surface area contributed by atoms with E-state index in [4.69, 9.17) is 0 Å². The van der Waals surface area contributed by atoms with Crippen LogP contribution in [0, 0.1) is 11.3 Å². The van der Waals surface area contributed by atoms with E-state index in [1.54, 1.807) is 11.1 Å². The van der Waals surface area contributed by atoms with Crippen molar-refractivity contribution in [1.29, 1.82) is 0 Å². The fraction of sp³-hybridized carbons (Fsp3) is 0.857. The predicted molar refractivity (Wildman–Crippen MR) is 68.4 cm³/mol. The van der Waals surface area contributed by atoms with Crippen LogP contribution in [-0.2, 0) is 0 Å². The maximum absolute atomic E-state index is 2.45. The van der Waals surface area contributed by atoms with E-state index in [2.05, 4.69) is 41.8 Å². The molecule has 0 aliphatic heterocycles. The van der Waals surface area contributed by atoms with E-state index < -0.39 is 0 Å². The second kappa shape index (κ2) is 3.40. The van der Waals surface area contributed by atoms with Crippen molar-refractivity contribution >= 4 is 7.28 Å². The Kier molecular flexibility index (Phi) is 2.56. The van der Waals surface area contributed by atoms with Gasteiger partial charge in [-0.2, -0.15) is 0 Å². The van der Waals surface area contributed by atoms with E-state index in [1.165, 1.54) is 25.7 Å². The lowest BCUT2D eigenvalue weighted by atomic mass is 9.46. The Labute approximate surface area is 95.8 Å². The molecular weight excluding hydrogens is 179 g/mol. The van der Waals surface area contributed by atoms with Crippen molar-refractivity contribution in [2.75, 3.05) is 0 Å². The molecule has 1 radical (unpaired) electrons. The van der Waals surface area contributed by atoms with Crippen LogP contribution in [0.15, 0.2) is 11.1 Å². The number of allylic oxidation sites excluding steroid dienone is 2. The molecule has 0 nitrogen and oxygen atoms in total. The van der Waals surface area contributed by atoms with Gasteiger partial charge in [0, 0.05) is 0 Å². The van der Waals surface area contributed by atoms with Crippen LogP contribution in [0.1, 0.15) is 53.4 Å². The van der Waals surface area contributed by atoms with Crippen molar-refractivity contribution in [2.24, 2.45) is 11.3 Å². The third-order valence-corrected chi connectivity index (χ3v) is 5.48. The summed E-state index contributed by atoms with van der Waals surface area (Å²) in [5.74, 6) is 0.762. The average molecular weight is 203 g/mol. The Hall–Kier alpha value is -0.195. The van der Waals surface area contributed by atoms with Crippen molar-refractivity contribution in [3.8, 4) is 0 Å². The lowest BCUT2D eigenvalue weighted by Gasteiger charge is -2.37. The van der Waals surface area contributed by atoms with Gasteiger partial charge in [0.2, 0.25) is 0 Å². The molecule has 0 aromatic rings. The normalized spacial score (nSPS) is 39.1. The maximum Gasteiger partial charge on any atom is 0.120 e. The lowest BCUT2D eigenvalue weighted by molar-refractivity contribution is 0.271. The Morgan fingerprint density at radius 3 is 2.13 bits per heavy atom. The summed E-state index contributed by atoms with van der Waals surface area (Å²) < 4.78 is 0. The summed E-state index contributed by atoms with van der Waals surface area (Å²) in [5.41, 5.74) is 4.01. The number of hydrogen-bond acceptors (Lipinski definition) is 0. The molecule has 2 aliphatic rings. The first-order valence-corrected chi connectivity index (χ1v) is 6.48. The highest BCUT2D eigenvalue weighted by atomic mass is 14.5. The van der Waals surface area contributed by atoms with E-state index >= 15 is 0 Å². The zero-order valence-corrected chi connectivity index (χ0v) is 11.0. The monoisotopic (exact) mass is 203 g/mol. The molecule has 0 spiro atoms. The summed E-state index contributed by atoms with van der Waals surface area (Å²) in [7, 11) is 2.45. The van der Waals surface area contributed by atoms with Crippen LogP contribution in [-0.4, -0.2) is 7.28 Å². The quantitative estimate of drug-likeness (QED) is 0.435. The molecule has 2 aliphatic carbocycles. The van der Waals surface area contributed by atoms with Crippen LogP contribution in [0.25, 0.3) is 0 Å². The van der Waals surface area contributed by atoms with Crippen molar-refractivity contribution in [3.05, 3.63) is 11.1 Å². The number of rotatable bonds is 1. The largest absolute Gasteiger partial charge is 0.120 e. The Morgan fingerprint density at radius 1 is 1.07 bits per heavy atom. The van der Waals surface area contributed by atoms with Crippen molar-refractivity contribution in [1.82, 2.24) is 0 Å². The predicted octanol–water partition coefficient (Wildman–Crippen LogP) is 4.46. The molecule has 2 rings (SSSR count). The molecule has 15 heavy (non-hydrogen) atoms. The first-order chi connectivity index (χ1) is 6.94. The minimum Gasteiger partial charge on any atom is -0.0911 e. The van der Waals surface area contributed by atoms with Crippen LogP contribution in [0.4, 0.5) is 0 Å². The molecule has 1 heteroatoms. The first-order valence-electron chi connectivity index (χ1n) is 6.48. The van der Waals surface area contributed by atoms with Crippen molar-refractivity contribution in [2.45, 2.75) is 65.5 Å². The van der Waals surface area contributed by atoms with Crippen LogP contribution in [0.2, 0.25) is 12.1 Å². The van der Waals surface area contributed by atoms with Gasteiger partial charge >= 0.3 is 0 Å². The van der Waals surface area contributed by atoms with Gasteiger partial charge in [0.1, 0.15) is 7.28 Å². The highest BCUT2D eigenvalue weighted by molar-refractivity contribution is 6.40. The summed E-state index contributed by atoms with van der Waals surface area (Å²) in [4.78, 5) is 0. The van der Waals surface area contributed by atoms with Gasteiger partial charge < -0.3 is 0 Å². The molecular formula is C14H24B. The standard InChI is InChI=1S/C14H24B/c1-10-13(2,3)11-8-6-7-9-12(11)14(10,4)15-5/h10H,6-9H2,1-5H3. The molecule has 0 N–H and O–H groups in total. The fourth-order valence-electron chi connectivity index (χ4n) is 3.91. The van der Waals surface area contributed by atoms with Gasteiger partial charge in [-0.3, -0.25) is 0 Å². The first kappa shape index (κ1) is 11.3. The summed E-state index contributed by atoms with van der Waals surface area (Å²) >= 11 is 0. The molecule has 0 fully saturated rings.